The van der Waals surface area contributed by atoms with Gasteiger partial charge in [0.15, 0.2) is 0 Å². The Labute approximate surface area is 102 Å². The van der Waals surface area contributed by atoms with Crippen LogP contribution in [-0.4, -0.2) is 47.3 Å². The molecule has 0 radical (unpaired) electrons. The lowest BCUT2D eigenvalue weighted by atomic mass is 9.85. The largest absolute Gasteiger partial charge is 0.481 e. The maximum Gasteiger partial charge on any atom is 0.309 e. The first-order chi connectivity index (χ1) is 8.19. The van der Waals surface area contributed by atoms with Crippen molar-refractivity contribution in [2.75, 3.05) is 19.7 Å². The number of rotatable bonds is 2. The monoisotopic (exact) mass is 239 g/mol. The number of carboxylic acids is 1. The Hall–Kier alpha value is -0.610. The molecule has 96 valence electrons. The fourth-order valence-electron chi connectivity index (χ4n) is 3.65. The van der Waals surface area contributed by atoms with Crippen LogP contribution in [-0.2, 0) is 9.53 Å². The molecule has 2 aliphatic heterocycles. The molecule has 3 aliphatic rings. The minimum atomic E-state index is -0.635. The van der Waals surface area contributed by atoms with Crippen molar-refractivity contribution in [2.24, 2.45) is 5.92 Å². The van der Waals surface area contributed by atoms with Gasteiger partial charge < -0.3 is 9.84 Å². The van der Waals surface area contributed by atoms with Gasteiger partial charge in [0.05, 0.1) is 11.5 Å². The molecular formula is C13H21NO3. The van der Waals surface area contributed by atoms with Gasteiger partial charge in [-0.05, 0) is 25.7 Å². The summed E-state index contributed by atoms with van der Waals surface area (Å²) in [5.41, 5.74) is 0.150. The summed E-state index contributed by atoms with van der Waals surface area (Å²) >= 11 is 0. The summed E-state index contributed by atoms with van der Waals surface area (Å²) in [6.07, 6.45) is 7.21. The Bertz CT molecular complexity index is 306. The van der Waals surface area contributed by atoms with E-state index in [2.05, 4.69) is 4.90 Å². The molecule has 0 bridgehead atoms. The first kappa shape index (κ1) is 11.5. The van der Waals surface area contributed by atoms with Crippen molar-refractivity contribution in [3.8, 4) is 0 Å². The van der Waals surface area contributed by atoms with Gasteiger partial charge in [0.2, 0.25) is 0 Å². The van der Waals surface area contributed by atoms with Crippen molar-refractivity contribution >= 4 is 5.97 Å². The van der Waals surface area contributed by atoms with Gasteiger partial charge in [-0.15, -0.1) is 0 Å². The summed E-state index contributed by atoms with van der Waals surface area (Å²) in [7, 11) is 0. The molecule has 1 saturated carbocycles. The molecule has 17 heavy (non-hydrogen) atoms. The lowest BCUT2D eigenvalue weighted by Gasteiger charge is -2.48. The van der Waals surface area contributed by atoms with Crippen molar-refractivity contribution in [3.63, 3.8) is 0 Å². The zero-order chi connectivity index (χ0) is 11.9. The van der Waals surface area contributed by atoms with Crippen molar-refractivity contribution in [1.29, 1.82) is 0 Å². The van der Waals surface area contributed by atoms with Crippen LogP contribution in [0.3, 0.4) is 0 Å². The van der Waals surface area contributed by atoms with Crippen molar-refractivity contribution in [2.45, 2.75) is 50.2 Å². The summed E-state index contributed by atoms with van der Waals surface area (Å²) in [5.74, 6) is -0.763. The maximum absolute atomic E-state index is 10.8. The summed E-state index contributed by atoms with van der Waals surface area (Å²) in [4.78, 5) is 13.2. The molecule has 0 aromatic rings. The zero-order valence-electron chi connectivity index (χ0n) is 10.2. The van der Waals surface area contributed by atoms with Gasteiger partial charge in [0, 0.05) is 25.7 Å². The van der Waals surface area contributed by atoms with Crippen LogP contribution < -0.4 is 0 Å². The number of hydrogen-bond donors (Lipinski definition) is 1. The average Bonchev–Trinajstić information content (AvgIpc) is 2.63. The Balaban J connectivity index is 1.56. The molecule has 1 aliphatic carbocycles. The maximum atomic E-state index is 10.8. The minimum Gasteiger partial charge on any atom is -0.481 e. The normalized spacial score (nSPS) is 33.8. The first-order valence-electron chi connectivity index (χ1n) is 6.79. The molecule has 4 nitrogen and oxygen atoms in total. The molecule has 0 aromatic heterocycles. The molecular weight excluding hydrogens is 218 g/mol. The van der Waals surface area contributed by atoms with Crippen LogP contribution in [0.5, 0.6) is 0 Å². The third-order valence-electron chi connectivity index (χ3n) is 4.76. The van der Waals surface area contributed by atoms with E-state index in [1.807, 2.05) is 0 Å². The SMILES string of the molecule is O=C(O)C1CN(C2CCOC3(CCCC3)C2)C1. The smallest absolute Gasteiger partial charge is 0.309 e. The molecule has 0 amide bonds. The highest BCUT2D eigenvalue weighted by atomic mass is 16.5. The second-order valence-corrected chi connectivity index (χ2v) is 5.87. The van der Waals surface area contributed by atoms with Gasteiger partial charge in [0.1, 0.15) is 0 Å². The Morgan fingerprint density at radius 1 is 1.29 bits per heavy atom. The fraction of sp³-hybridized carbons (Fsp3) is 0.923. The second kappa shape index (κ2) is 4.25. The van der Waals surface area contributed by atoms with Crippen LogP contribution in [0.1, 0.15) is 38.5 Å². The lowest BCUT2D eigenvalue weighted by Crippen LogP contribution is -2.58. The zero-order valence-corrected chi connectivity index (χ0v) is 10.2. The van der Waals surface area contributed by atoms with E-state index >= 15 is 0 Å². The minimum absolute atomic E-state index is 0.127. The number of nitrogens with zero attached hydrogens (tertiary/aromatic N) is 1. The molecule has 2 saturated heterocycles. The van der Waals surface area contributed by atoms with E-state index in [1.165, 1.54) is 25.7 Å². The van der Waals surface area contributed by atoms with E-state index in [0.717, 1.165) is 32.5 Å². The molecule has 2 heterocycles. The Morgan fingerprint density at radius 3 is 2.65 bits per heavy atom. The standard InChI is InChI=1S/C13H21NO3/c15-12(16)10-8-14(9-10)11-3-6-17-13(7-11)4-1-2-5-13/h10-11H,1-9H2,(H,15,16). The highest BCUT2D eigenvalue weighted by molar-refractivity contribution is 5.71. The van der Waals surface area contributed by atoms with E-state index in [9.17, 15) is 4.79 Å². The van der Waals surface area contributed by atoms with Crippen LogP contribution in [0.15, 0.2) is 0 Å². The average molecular weight is 239 g/mol. The number of carboxylic acid groups (broad SMARTS) is 1. The quantitative estimate of drug-likeness (QED) is 0.793. The number of likely N-dealkylation sites (tertiary alicyclic amines) is 1. The van der Waals surface area contributed by atoms with E-state index in [4.69, 9.17) is 9.84 Å². The molecule has 1 spiro atoms. The van der Waals surface area contributed by atoms with E-state index in [1.54, 1.807) is 0 Å². The Morgan fingerprint density at radius 2 is 2.00 bits per heavy atom. The number of ether oxygens (including phenoxy) is 1. The van der Waals surface area contributed by atoms with Crippen molar-refractivity contribution in [1.82, 2.24) is 4.90 Å². The van der Waals surface area contributed by atoms with Gasteiger partial charge in [0.25, 0.3) is 0 Å². The number of aliphatic carboxylic acids is 1. The number of hydrogen-bond acceptors (Lipinski definition) is 3. The van der Waals surface area contributed by atoms with Crippen LogP contribution in [0.4, 0.5) is 0 Å². The van der Waals surface area contributed by atoms with E-state index < -0.39 is 5.97 Å². The summed E-state index contributed by atoms with van der Waals surface area (Å²) < 4.78 is 6.01. The van der Waals surface area contributed by atoms with Gasteiger partial charge in [-0.25, -0.2) is 0 Å². The third-order valence-corrected chi connectivity index (χ3v) is 4.76. The summed E-state index contributed by atoms with van der Waals surface area (Å²) in [5, 5.41) is 8.90. The fourth-order valence-corrected chi connectivity index (χ4v) is 3.65. The number of carbonyl (C=O) groups is 1. The predicted molar refractivity (Wildman–Crippen MR) is 62.9 cm³/mol. The van der Waals surface area contributed by atoms with E-state index in [-0.39, 0.29) is 11.5 Å². The third kappa shape index (κ3) is 2.08. The van der Waals surface area contributed by atoms with Crippen LogP contribution in [0, 0.1) is 5.92 Å². The summed E-state index contributed by atoms with van der Waals surface area (Å²) in [6.45, 7) is 2.35. The highest BCUT2D eigenvalue weighted by Crippen LogP contribution is 2.42. The lowest BCUT2D eigenvalue weighted by molar-refractivity contribution is -0.153. The van der Waals surface area contributed by atoms with Crippen molar-refractivity contribution in [3.05, 3.63) is 0 Å². The second-order valence-electron chi connectivity index (χ2n) is 5.87. The van der Waals surface area contributed by atoms with Crippen LogP contribution in [0.2, 0.25) is 0 Å². The molecule has 1 unspecified atom stereocenters. The molecule has 3 fully saturated rings. The van der Waals surface area contributed by atoms with Gasteiger partial charge >= 0.3 is 5.97 Å². The predicted octanol–water partition coefficient (Wildman–Crippen LogP) is 1.49. The summed E-state index contributed by atoms with van der Waals surface area (Å²) in [6, 6.07) is 0.567. The van der Waals surface area contributed by atoms with Crippen LogP contribution >= 0.6 is 0 Å². The van der Waals surface area contributed by atoms with Crippen molar-refractivity contribution < 1.29 is 14.6 Å². The van der Waals surface area contributed by atoms with Gasteiger partial charge in [-0.1, -0.05) is 12.8 Å². The molecule has 0 aromatic carbocycles. The van der Waals surface area contributed by atoms with Gasteiger partial charge in [-0.3, -0.25) is 9.69 Å². The topological polar surface area (TPSA) is 49.8 Å². The van der Waals surface area contributed by atoms with E-state index in [0.29, 0.717) is 6.04 Å². The highest BCUT2D eigenvalue weighted by Gasteiger charge is 2.44. The molecule has 1 atom stereocenters. The Kier molecular flexibility index (Phi) is 2.87. The first-order valence-corrected chi connectivity index (χ1v) is 6.79. The van der Waals surface area contributed by atoms with Gasteiger partial charge in [-0.2, -0.15) is 0 Å². The molecule has 3 rings (SSSR count). The van der Waals surface area contributed by atoms with Crippen LogP contribution in [0.25, 0.3) is 0 Å². The molecule has 4 heteroatoms. The molecule has 1 N–H and O–H groups in total.